The molecule has 124 valence electrons. The topological polar surface area (TPSA) is 75.6 Å². The maximum Gasteiger partial charge on any atom is 0.276 e. The maximum atomic E-state index is 12.5. The van der Waals surface area contributed by atoms with Crippen molar-refractivity contribution in [2.45, 2.75) is 13.5 Å². The van der Waals surface area contributed by atoms with E-state index in [9.17, 15) is 4.79 Å². The van der Waals surface area contributed by atoms with Crippen molar-refractivity contribution < 1.29 is 4.79 Å². The van der Waals surface area contributed by atoms with Crippen LogP contribution in [0.1, 0.15) is 21.6 Å². The lowest BCUT2D eigenvalue weighted by atomic mass is 10.1. The summed E-state index contributed by atoms with van der Waals surface area (Å²) in [7, 11) is 0. The van der Waals surface area contributed by atoms with Gasteiger partial charge in [0.1, 0.15) is 0 Å². The van der Waals surface area contributed by atoms with Crippen LogP contribution in [0.3, 0.4) is 0 Å². The smallest absolute Gasteiger partial charge is 0.276 e. The summed E-state index contributed by atoms with van der Waals surface area (Å²) in [5, 5.41) is 14.9. The molecule has 2 N–H and O–H groups in total. The van der Waals surface area contributed by atoms with E-state index >= 15 is 0 Å². The molecule has 0 atom stereocenters. The molecule has 0 fully saturated rings. The third kappa shape index (κ3) is 3.14. The van der Waals surface area contributed by atoms with E-state index in [0.717, 1.165) is 16.5 Å². The van der Waals surface area contributed by atoms with Crippen LogP contribution in [0.4, 0.5) is 5.69 Å². The fourth-order valence-corrected chi connectivity index (χ4v) is 2.72. The highest BCUT2D eigenvalue weighted by Crippen LogP contribution is 2.17. The van der Waals surface area contributed by atoms with Crippen molar-refractivity contribution in [3.63, 3.8) is 0 Å². The van der Waals surface area contributed by atoms with Crippen LogP contribution in [0.15, 0.2) is 60.9 Å². The number of nitrogens with one attached hydrogen (secondary N) is 2. The Labute approximate surface area is 144 Å². The average Bonchev–Trinajstić information content (AvgIpc) is 3.23. The number of fused-ring (bicyclic) bond motifs is 1. The number of rotatable bonds is 4. The first-order valence-corrected chi connectivity index (χ1v) is 8.01. The number of hydrogen-bond donors (Lipinski definition) is 2. The van der Waals surface area contributed by atoms with E-state index in [0.29, 0.717) is 17.9 Å². The van der Waals surface area contributed by atoms with Crippen molar-refractivity contribution in [3.8, 4) is 0 Å². The van der Waals surface area contributed by atoms with Gasteiger partial charge in [-0.25, -0.2) is 0 Å². The van der Waals surface area contributed by atoms with E-state index in [1.54, 1.807) is 10.9 Å². The Bertz CT molecular complexity index is 1030. The fourth-order valence-electron chi connectivity index (χ4n) is 2.72. The van der Waals surface area contributed by atoms with E-state index < -0.39 is 0 Å². The van der Waals surface area contributed by atoms with Crippen LogP contribution in [-0.4, -0.2) is 25.9 Å². The summed E-state index contributed by atoms with van der Waals surface area (Å²) < 4.78 is 1.79. The molecule has 2 aromatic heterocycles. The number of benzene rings is 2. The Hall–Kier alpha value is -3.41. The Balaban J connectivity index is 1.49. The number of aryl methyl sites for hydroxylation is 1. The van der Waals surface area contributed by atoms with E-state index in [2.05, 4.69) is 51.8 Å². The van der Waals surface area contributed by atoms with Gasteiger partial charge in [-0.2, -0.15) is 10.2 Å². The third-order valence-electron chi connectivity index (χ3n) is 4.04. The van der Waals surface area contributed by atoms with Crippen LogP contribution in [0.2, 0.25) is 0 Å². The molecule has 0 spiro atoms. The molecule has 0 saturated carbocycles. The van der Waals surface area contributed by atoms with Gasteiger partial charge in [-0.05, 0) is 18.6 Å². The average molecular weight is 331 g/mol. The van der Waals surface area contributed by atoms with Gasteiger partial charge in [-0.3, -0.25) is 14.6 Å². The molecular formula is C19H17N5O. The predicted molar refractivity (Wildman–Crippen MR) is 96.6 cm³/mol. The van der Waals surface area contributed by atoms with Gasteiger partial charge < -0.3 is 5.32 Å². The Kier molecular flexibility index (Phi) is 3.78. The van der Waals surface area contributed by atoms with Crippen molar-refractivity contribution in [3.05, 3.63) is 77.7 Å². The summed E-state index contributed by atoms with van der Waals surface area (Å²) in [6.07, 6.45) is 3.45. The minimum Gasteiger partial charge on any atom is -0.318 e. The van der Waals surface area contributed by atoms with E-state index in [1.807, 2.05) is 30.5 Å². The number of nitrogens with zero attached hydrogens (tertiary/aromatic N) is 3. The minimum atomic E-state index is -0.257. The second-order valence-electron chi connectivity index (χ2n) is 5.98. The fraction of sp³-hybridized carbons (Fsp3) is 0.105. The van der Waals surface area contributed by atoms with E-state index in [-0.39, 0.29) is 5.91 Å². The SMILES string of the molecule is Cc1ccc(Cn2cc(NC(=O)c3n[nH]c4ccccc34)cn2)cc1. The lowest BCUT2D eigenvalue weighted by Crippen LogP contribution is -2.12. The normalized spacial score (nSPS) is 10.9. The molecule has 0 aliphatic carbocycles. The van der Waals surface area contributed by atoms with Gasteiger partial charge in [0.2, 0.25) is 0 Å². The molecule has 25 heavy (non-hydrogen) atoms. The first kappa shape index (κ1) is 15.1. The second-order valence-corrected chi connectivity index (χ2v) is 5.98. The van der Waals surface area contributed by atoms with Gasteiger partial charge in [0.25, 0.3) is 5.91 Å². The molecule has 2 aromatic carbocycles. The molecule has 0 saturated heterocycles. The van der Waals surface area contributed by atoms with Crippen LogP contribution in [0.5, 0.6) is 0 Å². The number of para-hydroxylation sites is 1. The van der Waals surface area contributed by atoms with Crippen LogP contribution in [0, 0.1) is 6.92 Å². The molecule has 2 heterocycles. The number of carbonyl (C=O) groups is 1. The van der Waals surface area contributed by atoms with Crippen molar-refractivity contribution in [2.24, 2.45) is 0 Å². The lowest BCUT2D eigenvalue weighted by Gasteiger charge is -2.02. The number of H-pyrrole nitrogens is 1. The Morgan fingerprint density at radius 2 is 1.96 bits per heavy atom. The molecule has 1 amide bonds. The standard InChI is InChI=1S/C19H17N5O/c1-13-6-8-14(9-7-13)11-24-12-15(10-20-24)21-19(25)18-16-4-2-3-5-17(16)22-23-18/h2-10,12H,11H2,1H3,(H,21,25)(H,22,23). The molecule has 6 heteroatoms. The van der Waals surface area contributed by atoms with Gasteiger partial charge in [-0.1, -0.05) is 48.0 Å². The summed E-state index contributed by atoms with van der Waals surface area (Å²) in [5.41, 5.74) is 4.24. The van der Waals surface area contributed by atoms with E-state index in [4.69, 9.17) is 0 Å². The number of anilines is 1. The lowest BCUT2D eigenvalue weighted by molar-refractivity contribution is 0.102. The number of aromatic nitrogens is 4. The molecule has 4 rings (SSSR count). The molecule has 0 radical (unpaired) electrons. The Morgan fingerprint density at radius 1 is 1.16 bits per heavy atom. The monoisotopic (exact) mass is 331 g/mol. The molecule has 0 aliphatic rings. The molecule has 0 aliphatic heterocycles. The van der Waals surface area contributed by atoms with Gasteiger partial charge in [0.15, 0.2) is 5.69 Å². The molecular weight excluding hydrogens is 314 g/mol. The second kappa shape index (κ2) is 6.24. The number of carbonyl (C=O) groups excluding carboxylic acids is 1. The van der Waals surface area contributed by atoms with Crippen LogP contribution < -0.4 is 5.32 Å². The zero-order chi connectivity index (χ0) is 17.2. The first-order chi connectivity index (χ1) is 12.2. The largest absolute Gasteiger partial charge is 0.318 e. The Morgan fingerprint density at radius 3 is 2.80 bits per heavy atom. The van der Waals surface area contributed by atoms with Crippen LogP contribution in [0.25, 0.3) is 10.9 Å². The van der Waals surface area contributed by atoms with Crippen molar-refractivity contribution >= 4 is 22.5 Å². The zero-order valence-electron chi connectivity index (χ0n) is 13.7. The quantitative estimate of drug-likeness (QED) is 0.602. The van der Waals surface area contributed by atoms with E-state index in [1.165, 1.54) is 5.56 Å². The highest BCUT2D eigenvalue weighted by molar-refractivity contribution is 6.10. The van der Waals surface area contributed by atoms with Crippen LogP contribution >= 0.6 is 0 Å². The number of hydrogen-bond acceptors (Lipinski definition) is 3. The summed E-state index contributed by atoms with van der Waals surface area (Å²) >= 11 is 0. The molecule has 0 unspecified atom stereocenters. The highest BCUT2D eigenvalue weighted by atomic mass is 16.2. The molecule has 6 nitrogen and oxygen atoms in total. The molecule has 4 aromatic rings. The third-order valence-corrected chi connectivity index (χ3v) is 4.04. The van der Waals surface area contributed by atoms with Gasteiger partial charge in [0.05, 0.1) is 23.9 Å². The highest BCUT2D eigenvalue weighted by Gasteiger charge is 2.14. The van der Waals surface area contributed by atoms with Gasteiger partial charge in [-0.15, -0.1) is 0 Å². The summed E-state index contributed by atoms with van der Waals surface area (Å²) in [6, 6.07) is 15.8. The van der Waals surface area contributed by atoms with Crippen molar-refractivity contribution in [2.75, 3.05) is 5.32 Å². The molecule has 0 bridgehead atoms. The first-order valence-electron chi connectivity index (χ1n) is 8.01. The number of amides is 1. The maximum absolute atomic E-state index is 12.5. The summed E-state index contributed by atoms with van der Waals surface area (Å²) in [5.74, 6) is -0.257. The number of aromatic amines is 1. The summed E-state index contributed by atoms with van der Waals surface area (Å²) in [6.45, 7) is 2.71. The summed E-state index contributed by atoms with van der Waals surface area (Å²) in [4.78, 5) is 12.5. The minimum absolute atomic E-state index is 0.257. The van der Waals surface area contributed by atoms with Crippen LogP contribution in [-0.2, 0) is 6.54 Å². The predicted octanol–water partition coefficient (Wildman–Crippen LogP) is 3.37. The van der Waals surface area contributed by atoms with Crippen molar-refractivity contribution in [1.82, 2.24) is 20.0 Å². The van der Waals surface area contributed by atoms with Gasteiger partial charge in [0, 0.05) is 11.6 Å². The van der Waals surface area contributed by atoms with Crippen molar-refractivity contribution in [1.29, 1.82) is 0 Å². The zero-order valence-corrected chi connectivity index (χ0v) is 13.7. The van der Waals surface area contributed by atoms with Gasteiger partial charge >= 0.3 is 0 Å².